The zero-order chi connectivity index (χ0) is 13.5. The van der Waals surface area contributed by atoms with Crippen LogP contribution in [0, 0.1) is 0 Å². The van der Waals surface area contributed by atoms with Gasteiger partial charge in [0.1, 0.15) is 5.75 Å². The number of phenolic OH excluding ortho intramolecular Hbond substituents is 1. The van der Waals surface area contributed by atoms with E-state index in [0.717, 1.165) is 12.8 Å². The molecule has 4 nitrogen and oxygen atoms in total. The number of nitrogens with zero attached hydrogens (tertiary/aromatic N) is 1. The minimum atomic E-state index is -0.0193. The Morgan fingerprint density at radius 3 is 2.28 bits per heavy atom. The summed E-state index contributed by atoms with van der Waals surface area (Å²) in [5.74, 6) is 0.147. The molecule has 0 bridgehead atoms. The normalized spacial score (nSPS) is 10.7. The van der Waals surface area contributed by atoms with Crippen LogP contribution in [0.2, 0.25) is 0 Å². The number of nitrogens with two attached hydrogens (primary N) is 1. The predicted octanol–water partition coefficient (Wildman–Crippen LogP) is 1.98. The van der Waals surface area contributed by atoms with Gasteiger partial charge in [-0.2, -0.15) is 0 Å². The molecule has 0 aliphatic heterocycles. The fraction of sp³-hybridized carbons (Fsp3) is 0.500. The Hall–Kier alpha value is -1.55. The highest BCUT2D eigenvalue weighted by Crippen LogP contribution is 2.15. The zero-order valence-corrected chi connectivity index (χ0v) is 11.1. The van der Waals surface area contributed by atoms with Crippen LogP contribution >= 0.6 is 0 Å². The highest BCUT2D eigenvalue weighted by Gasteiger charge is 2.21. The lowest BCUT2D eigenvalue weighted by Crippen LogP contribution is -2.42. The summed E-state index contributed by atoms with van der Waals surface area (Å²) in [5, 5.41) is 9.24. The Balaban J connectivity index is 2.91. The molecule has 0 heterocycles. The predicted molar refractivity (Wildman–Crippen MR) is 72.6 cm³/mol. The quantitative estimate of drug-likeness (QED) is 0.811. The molecule has 1 aromatic carbocycles. The molecule has 1 amide bonds. The summed E-state index contributed by atoms with van der Waals surface area (Å²) in [6.07, 6.45) is 1.83. The third-order valence-corrected chi connectivity index (χ3v) is 3.13. The van der Waals surface area contributed by atoms with Crippen LogP contribution in [0.25, 0.3) is 0 Å². The fourth-order valence-electron chi connectivity index (χ4n) is 2.09. The molecule has 0 aliphatic rings. The number of rotatable bonds is 6. The Morgan fingerprint density at radius 2 is 1.83 bits per heavy atom. The molecule has 0 spiro atoms. The van der Waals surface area contributed by atoms with Crippen molar-refractivity contribution in [1.82, 2.24) is 4.90 Å². The van der Waals surface area contributed by atoms with Crippen LogP contribution < -0.4 is 5.73 Å². The van der Waals surface area contributed by atoms with Crippen molar-refractivity contribution in [3.63, 3.8) is 0 Å². The number of phenols is 1. The topological polar surface area (TPSA) is 66.6 Å². The average Bonchev–Trinajstić information content (AvgIpc) is 2.39. The molecule has 1 rings (SSSR count). The first kappa shape index (κ1) is 14.5. The Labute approximate surface area is 108 Å². The maximum absolute atomic E-state index is 12.4. The van der Waals surface area contributed by atoms with Crippen LogP contribution in [0.4, 0.5) is 0 Å². The lowest BCUT2D eigenvalue weighted by atomic mass is 10.1. The van der Waals surface area contributed by atoms with Gasteiger partial charge in [0.25, 0.3) is 5.91 Å². The first-order chi connectivity index (χ1) is 8.63. The van der Waals surface area contributed by atoms with E-state index in [9.17, 15) is 9.90 Å². The number of amides is 1. The van der Waals surface area contributed by atoms with Crippen LogP contribution in [0.5, 0.6) is 5.75 Å². The SMILES string of the molecule is CCC(CC)N(CCN)C(=O)c1ccc(O)cc1. The van der Waals surface area contributed by atoms with Crippen molar-refractivity contribution in [3.05, 3.63) is 29.8 Å². The minimum absolute atomic E-state index is 0.0193. The smallest absolute Gasteiger partial charge is 0.254 e. The maximum Gasteiger partial charge on any atom is 0.254 e. The number of carbonyl (C=O) groups is 1. The first-order valence-electron chi connectivity index (χ1n) is 6.44. The Bertz CT molecular complexity index is 372. The van der Waals surface area contributed by atoms with Crippen molar-refractivity contribution in [2.75, 3.05) is 13.1 Å². The highest BCUT2D eigenvalue weighted by atomic mass is 16.3. The van der Waals surface area contributed by atoms with Gasteiger partial charge >= 0.3 is 0 Å². The summed E-state index contributed by atoms with van der Waals surface area (Å²) < 4.78 is 0. The second-order valence-electron chi connectivity index (χ2n) is 4.30. The molecule has 0 atom stereocenters. The van der Waals surface area contributed by atoms with E-state index in [1.54, 1.807) is 12.1 Å². The van der Waals surface area contributed by atoms with Gasteiger partial charge in [-0.1, -0.05) is 13.8 Å². The van der Waals surface area contributed by atoms with Crippen molar-refractivity contribution < 1.29 is 9.90 Å². The molecule has 0 saturated carbocycles. The van der Waals surface area contributed by atoms with Crippen LogP contribution in [-0.4, -0.2) is 35.0 Å². The van der Waals surface area contributed by atoms with Gasteiger partial charge in [-0.25, -0.2) is 0 Å². The second kappa shape index (κ2) is 7.01. The average molecular weight is 250 g/mol. The van der Waals surface area contributed by atoms with E-state index in [0.29, 0.717) is 18.7 Å². The second-order valence-corrected chi connectivity index (χ2v) is 4.30. The van der Waals surface area contributed by atoms with Gasteiger partial charge in [0.15, 0.2) is 0 Å². The summed E-state index contributed by atoms with van der Waals surface area (Å²) in [7, 11) is 0. The van der Waals surface area contributed by atoms with E-state index in [-0.39, 0.29) is 17.7 Å². The van der Waals surface area contributed by atoms with Crippen molar-refractivity contribution in [2.45, 2.75) is 32.7 Å². The molecular weight excluding hydrogens is 228 g/mol. The molecule has 0 aliphatic carbocycles. The Kier molecular flexibility index (Phi) is 5.65. The molecule has 1 aromatic rings. The number of hydrogen-bond acceptors (Lipinski definition) is 3. The molecule has 3 N–H and O–H groups in total. The van der Waals surface area contributed by atoms with Crippen LogP contribution in [-0.2, 0) is 0 Å². The molecule has 4 heteroatoms. The zero-order valence-electron chi connectivity index (χ0n) is 11.1. The standard InChI is InChI=1S/C14H22N2O2/c1-3-12(4-2)16(10-9-15)14(18)11-5-7-13(17)8-6-11/h5-8,12,17H,3-4,9-10,15H2,1-2H3. The summed E-state index contributed by atoms with van der Waals surface area (Å²) in [6.45, 7) is 5.16. The van der Waals surface area contributed by atoms with Crippen molar-refractivity contribution in [3.8, 4) is 5.75 Å². The molecule has 0 fully saturated rings. The highest BCUT2D eigenvalue weighted by molar-refractivity contribution is 5.94. The van der Waals surface area contributed by atoms with Gasteiger partial charge in [-0.3, -0.25) is 4.79 Å². The molecule has 0 radical (unpaired) electrons. The van der Waals surface area contributed by atoms with E-state index >= 15 is 0 Å². The van der Waals surface area contributed by atoms with E-state index in [1.165, 1.54) is 12.1 Å². The van der Waals surface area contributed by atoms with E-state index in [2.05, 4.69) is 13.8 Å². The van der Waals surface area contributed by atoms with E-state index < -0.39 is 0 Å². The van der Waals surface area contributed by atoms with Crippen molar-refractivity contribution >= 4 is 5.91 Å². The monoisotopic (exact) mass is 250 g/mol. The molecule has 100 valence electrons. The van der Waals surface area contributed by atoms with Gasteiger partial charge in [0.2, 0.25) is 0 Å². The lowest BCUT2D eigenvalue weighted by Gasteiger charge is -2.30. The third kappa shape index (κ3) is 3.47. The van der Waals surface area contributed by atoms with Crippen LogP contribution in [0.15, 0.2) is 24.3 Å². The third-order valence-electron chi connectivity index (χ3n) is 3.13. The molecule has 18 heavy (non-hydrogen) atoms. The Morgan fingerprint density at radius 1 is 1.28 bits per heavy atom. The largest absolute Gasteiger partial charge is 0.508 e. The number of benzene rings is 1. The number of carbonyl (C=O) groups excluding carboxylic acids is 1. The van der Waals surface area contributed by atoms with Gasteiger partial charge in [-0.15, -0.1) is 0 Å². The van der Waals surface area contributed by atoms with Gasteiger partial charge in [0, 0.05) is 24.7 Å². The maximum atomic E-state index is 12.4. The summed E-state index contributed by atoms with van der Waals surface area (Å²) in [6, 6.07) is 6.56. The summed E-state index contributed by atoms with van der Waals surface area (Å²) >= 11 is 0. The van der Waals surface area contributed by atoms with Crippen molar-refractivity contribution in [2.24, 2.45) is 5.73 Å². The number of aromatic hydroxyl groups is 1. The summed E-state index contributed by atoms with van der Waals surface area (Å²) in [4.78, 5) is 14.2. The lowest BCUT2D eigenvalue weighted by molar-refractivity contribution is 0.0674. The van der Waals surface area contributed by atoms with E-state index in [4.69, 9.17) is 5.73 Å². The molecule has 0 saturated heterocycles. The summed E-state index contributed by atoms with van der Waals surface area (Å²) in [5.41, 5.74) is 6.17. The van der Waals surface area contributed by atoms with E-state index in [1.807, 2.05) is 4.90 Å². The molecular formula is C14H22N2O2. The van der Waals surface area contributed by atoms with Crippen molar-refractivity contribution in [1.29, 1.82) is 0 Å². The van der Waals surface area contributed by atoms with Gasteiger partial charge < -0.3 is 15.7 Å². The fourth-order valence-corrected chi connectivity index (χ4v) is 2.09. The van der Waals surface area contributed by atoms with Gasteiger partial charge in [-0.05, 0) is 37.1 Å². The van der Waals surface area contributed by atoms with Gasteiger partial charge in [0.05, 0.1) is 0 Å². The molecule has 0 aromatic heterocycles. The minimum Gasteiger partial charge on any atom is -0.508 e. The van der Waals surface area contributed by atoms with Crippen LogP contribution in [0.3, 0.4) is 0 Å². The van der Waals surface area contributed by atoms with Crippen LogP contribution in [0.1, 0.15) is 37.0 Å². The molecule has 0 unspecified atom stereocenters. The first-order valence-corrected chi connectivity index (χ1v) is 6.44. The number of hydrogen-bond donors (Lipinski definition) is 2.